The zero-order valence-corrected chi connectivity index (χ0v) is 8.47. The van der Waals surface area contributed by atoms with Crippen LogP contribution < -0.4 is 5.32 Å². The summed E-state index contributed by atoms with van der Waals surface area (Å²) in [6.07, 6.45) is 4.91. The van der Waals surface area contributed by atoms with Crippen LogP contribution in [0, 0.1) is 5.92 Å². The maximum absolute atomic E-state index is 8.89. The Labute approximate surface area is 76.4 Å². The Morgan fingerprint density at radius 2 is 2.00 bits per heavy atom. The molecule has 0 bridgehead atoms. The second-order valence-electron chi connectivity index (χ2n) is 3.37. The summed E-state index contributed by atoms with van der Waals surface area (Å²) >= 11 is 0. The molecule has 0 aromatic rings. The van der Waals surface area contributed by atoms with Gasteiger partial charge in [0.25, 0.3) is 0 Å². The number of unbranched alkanes of at least 4 members (excludes halogenated alkanes) is 2. The van der Waals surface area contributed by atoms with E-state index in [4.69, 9.17) is 5.11 Å². The lowest BCUT2D eigenvalue weighted by atomic mass is 10.1. The van der Waals surface area contributed by atoms with Crippen LogP contribution in [0.4, 0.5) is 0 Å². The highest BCUT2D eigenvalue weighted by atomic mass is 16.3. The zero-order valence-electron chi connectivity index (χ0n) is 8.47. The molecule has 0 rings (SSSR count). The van der Waals surface area contributed by atoms with Crippen molar-refractivity contribution in [1.82, 2.24) is 5.32 Å². The first kappa shape index (κ1) is 11.9. The molecule has 74 valence electrons. The molecule has 0 heterocycles. The minimum atomic E-state index is 0.317. The van der Waals surface area contributed by atoms with Crippen molar-refractivity contribution in [2.75, 3.05) is 19.7 Å². The number of hydrogen-bond acceptors (Lipinski definition) is 2. The van der Waals surface area contributed by atoms with Crippen molar-refractivity contribution in [3.05, 3.63) is 0 Å². The summed E-state index contributed by atoms with van der Waals surface area (Å²) in [5, 5.41) is 12.3. The largest absolute Gasteiger partial charge is 0.396 e. The van der Waals surface area contributed by atoms with Gasteiger partial charge in [0.2, 0.25) is 0 Å². The molecule has 0 aromatic carbocycles. The molecule has 0 aliphatic heterocycles. The first-order valence-corrected chi connectivity index (χ1v) is 5.16. The molecule has 0 saturated heterocycles. The molecule has 2 nitrogen and oxygen atoms in total. The van der Waals surface area contributed by atoms with E-state index in [9.17, 15) is 0 Å². The Morgan fingerprint density at radius 1 is 1.25 bits per heavy atom. The molecular weight excluding hydrogens is 150 g/mol. The van der Waals surface area contributed by atoms with Crippen molar-refractivity contribution >= 4 is 0 Å². The fourth-order valence-corrected chi connectivity index (χ4v) is 1.14. The average molecular weight is 173 g/mol. The van der Waals surface area contributed by atoms with E-state index in [0.29, 0.717) is 12.5 Å². The van der Waals surface area contributed by atoms with E-state index < -0.39 is 0 Å². The van der Waals surface area contributed by atoms with Crippen LogP contribution in [0.3, 0.4) is 0 Å². The summed E-state index contributed by atoms with van der Waals surface area (Å²) in [6.45, 7) is 6.72. The van der Waals surface area contributed by atoms with Gasteiger partial charge in [-0.1, -0.05) is 26.7 Å². The predicted molar refractivity (Wildman–Crippen MR) is 53.3 cm³/mol. The number of aliphatic hydroxyl groups excluding tert-OH is 1. The fourth-order valence-electron chi connectivity index (χ4n) is 1.14. The Bertz CT molecular complexity index is 81.9. The third kappa shape index (κ3) is 6.62. The SMILES string of the molecule is CCCCCNCC(CC)CO. The molecule has 0 aliphatic carbocycles. The van der Waals surface area contributed by atoms with Crippen LogP contribution >= 0.6 is 0 Å². The maximum Gasteiger partial charge on any atom is 0.0471 e. The third-order valence-electron chi connectivity index (χ3n) is 2.23. The van der Waals surface area contributed by atoms with Gasteiger partial charge in [0.05, 0.1) is 0 Å². The second-order valence-corrected chi connectivity index (χ2v) is 3.37. The van der Waals surface area contributed by atoms with Gasteiger partial charge in [-0.05, 0) is 25.3 Å². The molecule has 0 fully saturated rings. The van der Waals surface area contributed by atoms with Gasteiger partial charge in [-0.25, -0.2) is 0 Å². The molecule has 2 heteroatoms. The molecule has 0 aromatic heterocycles. The number of rotatable bonds is 8. The summed E-state index contributed by atoms with van der Waals surface area (Å²) in [5.41, 5.74) is 0. The summed E-state index contributed by atoms with van der Waals surface area (Å²) in [6, 6.07) is 0. The van der Waals surface area contributed by atoms with Gasteiger partial charge in [0.15, 0.2) is 0 Å². The molecule has 0 aliphatic rings. The summed E-state index contributed by atoms with van der Waals surface area (Å²) in [4.78, 5) is 0. The van der Waals surface area contributed by atoms with Gasteiger partial charge in [-0.15, -0.1) is 0 Å². The molecule has 1 unspecified atom stereocenters. The van der Waals surface area contributed by atoms with Gasteiger partial charge in [-0.2, -0.15) is 0 Å². The van der Waals surface area contributed by atoms with Crippen molar-refractivity contribution < 1.29 is 5.11 Å². The zero-order chi connectivity index (χ0) is 9.23. The fraction of sp³-hybridized carbons (Fsp3) is 1.00. The van der Waals surface area contributed by atoms with Crippen LogP contribution in [0.15, 0.2) is 0 Å². The number of hydrogen-bond donors (Lipinski definition) is 2. The Kier molecular flexibility index (Phi) is 8.95. The molecule has 0 radical (unpaired) electrons. The molecule has 0 amide bonds. The van der Waals surface area contributed by atoms with E-state index in [1.165, 1.54) is 19.3 Å². The van der Waals surface area contributed by atoms with Crippen LogP contribution in [-0.4, -0.2) is 24.8 Å². The third-order valence-corrected chi connectivity index (χ3v) is 2.23. The molecule has 0 saturated carbocycles. The summed E-state index contributed by atoms with van der Waals surface area (Å²) in [5.74, 6) is 0.451. The minimum Gasteiger partial charge on any atom is -0.396 e. The van der Waals surface area contributed by atoms with Crippen LogP contribution in [-0.2, 0) is 0 Å². The average Bonchev–Trinajstić information content (AvgIpc) is 2.11. The van der Waals surface area contributed by atoms with Gasteiger partial charge >= 0.3 is 0 Å². The summed E-state index contributed by atoms with van der Waals surface area (Å²) in [7, 11) is 0. The first-order chi connectivity index (χ1) is 5.85. The van der Waals surface area contributed by atoms with E-state index >= 15 is 0 Å². The molecular formula is C10H23NO. The standard InChI is InChI=1S/C10H23NO/c1-3-5-6-7-11-8-10(4-2)9-12/h10-12H,3-9H2,1-2H3. The van der Waals surface area contributed by atoms with Gasteiger partial charge < -0.3 is 10.4 Å². The Balaban J connectivity index is 3.06. The van der Waals surface area contributed by atoms with E-state index in [1.807, 2.05) is 0 Å². The van der Waals surface area contributed by atoms with Crippen molar-refractivity contribution in [3.63, 3.8) is 0 Å². The lowest BCUT2D eigenvalue weighted by Crippen LogP contribution is -2.25. The topological polar surface area (TPSA) is 32.3 Å². The van der Waals surface area contributed by atoms with Crippen LogP contribution in [0.2, 0.25) is 0 Å². The van der Waals surface area contributed by atoms with Crippen LogP contribution in [0.25, 0.3) is 0 Å². The Morgan fingerprint density at radius 3 is 2.50 bits per heavy atom. The lowest BCUT2D eigenvalue weighted by molar-refractivity contribution is 0.219. The van der Waals surface area contributed by atoms with Gasteiger partial charge in [0, 0.05) is 13.2 Å². The van der Waals surface area contributed by atoms with Crippen LogP contribution in [0.1, 0.15) is 39.5 Å². The Hall–Kier alpha value is -0.0800. The van der Waals surface area contributed by atoms with Gasteiger partial charge in [-0.3, -0.25) is 0 Å². The van der Waals surface area contributed by atoms with Gasteiger partial charge in [0.1, 0.15) is 0 Å². The van der Waals surface area contributed by atoms with Crippen molar-refractivity contribution in [2.24, 2.45) is 5.92 Å². The lowest BCUT2D eigenvalue weighted by Gasteiger charge is -2.11. The molecule has 1 atom stereocenters. The highest BCUT2D eigenvalue weighted by Gasteiger charge is 2.02. The second kappa shape index (κ2) is 9.01. The van der Waals surface area contributed by atoms with Crippen LogP contribution in [0.5, 0.6) is 0 Å². The highest BCUT2D eigenvalue weighted by Crippen LogP contribution is 1.98. The quantitative estimate of drug-likeness (QED) is 0.548. The van der Waals surface area contributed by atoms with Crippen molar-refractivity contribution in [2.45, 2.75) is 39.5 Å². The maximum atomic E-state index is 8.89. The number of aliphatic hydroxyl groups is 1. The first-order valence-electron chi connectivity index (χ1n) is 5.16. The molecule has 12 heavy (non-hydrogen) atoms. The number of nitrogens with one attached hydrogen (secondary N) is 1. The summed E-state index contributed by atoms with van der Waals surface area (Å²) < 4.78 is 0. The van der Waals surface area contributed by atoms with E-state index in [0.717, 1.165) is 19.5 Å². The van der Waals surface area contributed by atoms with Crippen molar-refractivity contribution in [3.8, 4) is 0 Å². The van der Waals surface area contributed by atoms with E-state index in [1.54, 1.807) is 0 Å². The molecule has 0 spiro atoms. The monoisotopic (exact) mass is 173 g/mol. The smallest absolute Gasteiger partial charge is 0.0471 e. The van der Waals surface area contributed by atoms with Crippen molar-refractivity contribution in [1.29, 1.82) is 0 Å². The molecule has 2 N–H and O–H groups in total. The minimum absolute atomic E-state index is 0.317. The predicted octanol–water partition coefficient (Wildman–Crippen LogP) is 1.78. The van der Waals surface area contributed by atoms with E-state index in [2.05, 4.69) is 19.2 Å². The normalized spacial score (nSPS) is 13.2. The van der Waals surface area contributed by atoms with E-state index in [-0.39, 0.29) is 0 Å². The highest BCUT2D eigenvalue weighted by molar-refractivity contribution is 4.58.